The van der Waals surface area contributed by atoms with Crippen molar-refractivity contribution in [1.29, 1.82) is 0 Å². The molecule has 2 heterocycles. The van der Waals surface area contributed by atoms with Crippen molar-refractivity contribution in [1.82, 2.24) is 15.6 Å². The van der Waals surface area contributed by atoms with Gasteiger partial charge in [0.2, 0.25) is 5.91 Å². The second-order valence-corrected chi connectivity index (χ2v) is 4.74. The lowest BCUT2D eigenvalue weighted by Crippen LogP contribution is -2.32. The predicted octanol–water partition coefficient (Wildman–Crippen LogP) is -0.0519. The van der Waals surface area contributed by atoms with E-state index in [1.807, 2.05) is 35.8 Å². The first-order valence-corrected chi connectivity index (χ1v) is 6.58. The van der Waals surface area contributed by atoms with Gasteiger partial charge in [-0.1, -0.05) is 18.2 Å². The van der Waals surface area contributed by atoms with Crippen molar-refractivity contribution in [3.05, 3.63) is 36.0 Å². The van der Waals surface area contributed by atoms with Gasteiger partial charge in [-0.15, -0.1) is 0 Å². The van der Waals surface area contributed by atoms with E-state index < -0.39 is 18.0 Å². The molecule has 3 amide bonds. The van der Waals surface area contributed by atoms with Gasteiger partial charge < -0.3 is 21.1 Å². The Morgan fingerprint density at radius 2 is 2.05 bits per heavy atom. The predicted molar refractivity (Wildman–Crippen MR) is 79.2 cm³/mol. The van der Waals surface area contributed by atoms with Crippen LogP contribution < -0.4 is 16.4 Å². The van der Waals surface area contributed by atoms with Crippen molar-refractivity contribution in [2.45, 2.75) is 12.5 Å². The zero-order valence-corrected chi connectivity index (χ0v) is 11.6. The van der Waals surface area contributed by atoms with E-state index >= 15 is 0 Å². The summed E-state index contributed by atoms with van der Waals surface area (Å²) in [5.74, 6) is -1.23. The number of hydrogen-bond acceptors (Lipinski definition) is 4. The molecule has 0 saturated carbocycles. The van der Waals surface area contributed by atoms with Crippen molar-refractivity contribution >= 4 is 28.8 Å². The molecule has 1 aromatic carbocycles. The summed E-state index contributed by atoms with van der Waals surface area (Å²) in [4.78, 5) is 33.8. The lowest BCUT2D eigenvalue weighted by molar-refractivity contribution is -0.138. The van der Waals surface area contributed by atoms with E-state index in [1.54, 1.807) is 0 Å². The number of urea groups is 1. The fourth-order valence-electron chi connectivity index (χ4n) is 2.00. The molecule has 2 aromatic rings. The Labute approximate surface area is 125 Å². The third-order valence-electron chi connectivity index (χ3n) is 3.09. The third-order valence-corrected chi connectivity index (χ3v) is 3.09. The van der Waals surface area contributed by atoms with E-state index in [9.17, 15) is 14.4 Å². The van der Waals surface area contributed by atoms with Gasteiger partial charge in [-0.2, -0.15) is 0 Å². The number of nitrogens with two attached hydrogens (primary N) is 1. The largest absolute Gasteiger partial charge is 0.480 e. The van der Waals surface area contributed by atoms with Crippen LogP contribution in [0.5, 0.6) is 0 Å². The van der Waals surface area contributed by atoms with Gasteiger partial charge in [0.05, 0.1) is 6.54 Å². The summed E-state index contributed by atoms with van der Waals surface area (Å²) < 4.78 is 0. The summed E-state index contributed by atoms with van der Waals surface area (Å²) >= 11 is 0. The molecule has 0 radical (unpaired) electrons. The summed E-state index contributed by atoms with van der Waals surface area (Å²) in [6, 6.07) is 6.52. The van der Waals surface area contributed by atoms with Crippen LogP contribution in [-0.4, -0.2) is 40.6 Å². The molecular formula is C14H16N4O4. The normalized spacial score (nSPS) is 14.8. The highest BCUT2D eigenvalue weighted by Crippen LogP contribution is 2.18. The highest BCUT2D eigenvalue weighted by molar-refractivity contribution is 6.01. The lowest BCUT2D eigenvalue weighted by atomic mass is 10.1. The number of rotatable bonds is 3. The first kappa shape index (κ1) is 15.5. The number of para-hydroxylation sites is 1. The zero-order valence-electron chi connectivity index (χ0n) is 11.6. The van der Waals surface area contributed by atoms with Gasteiger partial charge in [-0.05, 0) is 11.6 Å². The second-order valence-electron chi connectivity index (χ2n) is 4.74. The fraction of sp³-hybridized carbons (Fsp3) is 0.214. The number of aromatic nitrogens is 1. The third kappa shape index (κ3) is 3.83. The van der Waals surface area contributed by atoms with E-state index in [2.05, 4.69) is 10.3 Å². The molecule has 1 aliphatic heterocycles. The van der Waals surface area contributed by atoms with E-state index in [0.29, 0.717) is 6.42 Å². The molecule has 6 N–H and O–H groups in total. The van der Waals surface area contributed by atoms with Crippen molar-refractivity contribution in [3.8, 4) is 0 Å². The molecule has 0 bridgehead atoms. The van der Waals surface area contributed by atoms with Gasteiger partial charge in [-0.3, -0.25) is 14.9 Å². The minimum atomic E-state index is -0.972. The number of benzene rings is 1. The number of carboxylic acid groups (broad SMARTS) is 1. The average Bonchev–Trinajstić information content (AvgIpc) is 3.06. The monoisotopic (exact) mass is 304 g/mol. The maximum Gasteiger partial charge on any atom is 0.321 e. The van der Waals surface area contributed by atoms with Crippen molar-refractivity contribution in [2.75, 3.05) is 6.54 Å². The van der Waals surface area contributed by atoms with Crippen LogP contribution in [-0.2, 0) is 16.0 Å². The maximum atomic E-state index is 10.6. The fourth-order valence-corrected chi connectivity index (χ4v) is 2.00. The molecule has 1 saturated heterocycles. The Balaban J connectivity index is 0.000000211. The number of aromatic amines is 1. The van der Waals surface area contributed by atoms with Crippen LogP contribution in [0, 0.1) is 0 Å². The van der Waals surface area contributed by atoms with Crippen LogP contribution in [0.25, 0.3) is 10.9 Å². The Kier molecular flexibility index (Phi) is 4.74. The number of fused-ring (bicyclic) bond motifs is 1. The quantitative estimate of drug-likeness (QED) is 0.506. The number of hydrogen-bond donors (Lipinski definition) is 5. The molecule has 1 fully saturated rings. The number of aliphatic carboxylic acids is 1. The Morgan fingerprint density at radius 1 is 1.32 bits per heavy atom. The standard InChI is InChI=1S/C11H12N2O2.C3H4N2O2/c12-9(11(14)15)5-7-6-13-10-4-2-1-3-8(7)10;6-2-1-4-3(7)5-2/h1-4,6,9,13H,5,12H2,(H,14,15);1H2,(H2,4,5,6,7). The number of carboxylic acids is 1. The number of nitrogens with one attached hydrogen (secondary N) is 3. The number of H-pyrrole nitrogens is 1. The molecule has 3 rings (SSSR count). The van der Waals surface area contributed by atoms with Crippen molar-refractivity contribution in [3.63, 3.8) is 0 Å². The highest BCUT2D eigenvalue weighted by Gasteiger charge is 2.14. The summed E-state index contributed by atoms with van der Waals surface area (Å²) in [6.07, 6.45) is 2.16. The van der Waals surface area contributed by atoms with Crippen LogP contribution in [0.2, 0.25) is 0 Å². The summed E-state index contributed by atoms with van der Waals surface area (Å²) in [5.41, 5.74) is 7.43. The van der Waals surface area contributed by atoms with Gasteiger partial charge >= 0.3 is 12.0 Å². The topological polar surface area (TPSA) is 137 Å². The number of amides is 3. The SMILES string of the molecule is NC(Cc1c[nH]c2ccccc12)C(=O)O.O=C1CNC(=O)N1. The number of carbonyl (C=O) groups excluding carboxylic acids is 2. The van der Waals surface area contributed by atoms with Crippen LogP contribution in [0.3, 0.4) is 0 Å². The van der Waals surface area contributed by atoms with Crippen LogP contribution in [0.15, 0.2) is 30.5 Å². The average molecular weight is 304 g/mol. The van der Waals surface area contributed by atoms with Gasteiger partial charge in [0.15, 0.2) is 0 Å². The molecular weight excluding hydrogens is 288 g/mol. The zero-order chi connectivity index (χ0) is 16.1. The highest BCUT2D eigenvalue weighted by atomic mass is 16.4. The minimum absolute atomic E-state index is 0.124. The molecule has 116 valence electrons. The molecule has 1 unspecified atom stereocenters. The van der Waals surface area contributed by atoms with Crippen molar-refractivity contribution in [2.24, 2.45) is 5.73 Å². The molecule has 8 nitrogen and oxygen atoms in total. The lowest BCUT2D eigenvalue weighted by Gasteiger charge is -2.04. The van der Waals surface area contributed by atoms with Gasteiger partial charge in [0.1, 0.15) is 6.04 Å². The summed E-state index contributed by atoms with van der Waals surface area (Å²) in [5, 5.41) is 14.1. The minimum Gasteiger partial charge on any atom is -0.480 e. The molecule has 0 aliphatic carbocycles. The van der Waals surface area contributed by atoms with Crippen LogP contribution >= 0.6 is 0 Å². The van der Waals surface area contributed by atoms with Gasteiger partial charge in [-0.25, -0.2) is 4.79 Å². The van der Waals surface area contributed by atoms with E-state index in [0.717, 1.165) is 16.5 Å². The van der Waals surface area contributed by atoms with Crippen molar-refractivity contribution < 1.29 is 19.5 Å². The first-order chi connectivity index (χ1) is 10.5. The van der Waals surface area contributed by atoms with E-state index in [1.165, 1.54) is 0 Å². The number of imide groups is 1. The van der Waals surface area contributed by atoms with Gasteiger partial charge in [0.25, 0.3) is 0 Å². The second kappa shape index (κ2) is 6.72. The molecule has 22 heavy (non-hydrogen) atoms. The van der Waals surface area contributed by atoms with Crippen LogP contribution in [0.4, 0.5) is 4.79 Å². The summed E-state index contributed by atoms with van der Waals surface area (Å²) in [7, 11) is 0. The molecule has 0 spiro atoms. The van der Waals surface area contributed by atoms with E-state index in [-0.39, 0.29) is 12.5 Å². The Hall–Kier alpha value is -2.87. The Bertz CT molecular complexity index is 696. The molecule has 1 aliphatic rings. The summed E-state index contributed by atoms with van der Waals surface area (Å²) in [6.45, 7) is 0.124. The van der Waals surface area contributed by atoms with E-state index in [4.69, 9.17) is 10.8 Å². The Morgan fingerprint density at radius 3 is 2.59 bits per heavy atom. The maximum absolute atomic E-state index is 10.6. The molecule has 8 heteroatoms. The van der Waals surface area contributed by atoms with Crippen LogP contribution in [0.1, 0.15) is 5.56 Å². The first-order valence-electron chi connectivity index (χ1n) is 6.58. The smallest absolute Gasteiger partial charge is 0.321 e. The van der Waals surface area contributed by atoms with Gasteiger partial charge in [0, 0.05) is 23.5 Å². The number of carbonyl (C=O) groups is 3. The molecule has 1 atom stereocenters. The molecule has 1 aromatic heterocycles.